The number of benzene rings is 4. The van der Waals surface area contributed by atoms with Crippen LogP contribution in [0, 0.1) is 18.3 Å². The molecule has 4 aromatic rings. The van der Waals surface area contributed by atoms with E-state index in [2.05, 4.69) is 75.2 Å². The molecule has 0 atom stereocenters. The molecule has 0 heterocycles. The topological polar surface area (TPSA) is 33.0 Å². The minimum atomic E-state index is 0.481. The zero-order chi connectivity index (χ0) is 21.8. The minimum Gasteiger partial charge on any atom is -0.487 e. The molecule has 0 fully saturated rings. The maximum Gasteiger partial charge on any atom is 0.148 e. The van der Waals surface area contributed by atoms with Crippen molar-refractivity contribution < 1.29 is 4.74 Å². The van der Waals surface area contributed by atoms with Crippen molar-refractivity contribution in [1.82, 2.24) is 0 Å². The third kappa shape index (κ3) is 5.07. The molecule has 0 amide bonds. The van der Waals surface area contributed by atoms with E-state index in [0.717, 1.165) is 42.2 Å². The maximum atomic E-state index is 9.77. The number of halogens is 2. The molecule has 0 bridgehead atoms. The zero-order valence-electron chi connectivity index (χ0n) is 16.9. The van der Waals surface area contributed by atoms with Crippen LogP contribution in [0.1, 0.15) is 22.3 Å². The van der Waals surface area contributed by atoms with Gasteiger partial charge in [-0.05, 0) is 90.5 Å². The fourth-order valence-corrected chi connectivity index (χ4v) is 4.91. The van der Waals surface area contributed by atoms with Crippen LogP contribution in [0.25, 0.3) is 22.4 Å². The van der Waals surface area contributed by atoms with Crippen molar-refractivity contribution in [3.8, 4) is 11.8 Å². The lowest BCUT2D eigenvalue weighted by atomic mass is 10.0. The molecule has 0 unspecified atom stereocenters. The first-order valence-corrected chi connectivity index (χ1v) is 11.4. The van der Waals surface area contributed by atoms with Gasteiger partial charge in [-0.3, -0.25) is 0 Å². The van der Waals surface area contributed by atoms with Crippen LogP contribution in [0.2, 0.25) is 0 Å². The highest BCUT2D eigenvalue weighted by Gasteiger charge is 2.10. The van der Waals surface area contributed by atoms with E-state index in [1.807, 2.05) is 54.6 Å². The van der Waals surface area contributed by atoms with Gasteiger partial charge in [-0.25, -0.2) is 0 Å². The van der Waals surface area contributed by atoms with Crippen molar-refractivity contribution in [3.05, 3.63) is 110 Å². The molecule has 2 nitrogen and oxygen atoms in total. The summed E-state index contributed by atoms with van der Waals surface area (Å²) in [6.07, 6.45) is 1.89. The van der Waals surface area contributed by atoms with E-state index in [1.54, 1.807) is 0 Å². The summed E-state index contributed by atoms with van der Waals surface area (Å²) >= 11 is 7.24. The summed E-state index contributed by atoms with van der Waals surface area (Å²) in [6, 6.07) is 28.8. The van der Waals surface area contributed by atoms with Crippen LogP contribution in [0.3, 0.4) is 0 Å². The van der Waals surface area contributed by atoms with Crippen LogP contribution in [0.15, 0.2) is 87.8 Å². The van der Waals surface area contributed by atoms with Crippen LogP contribution in [0.4, 0.5) is 0 Å². The second-order valence-corrected chi connectivity index (χ2v) is 9.03. The molecule has 0 spiro atoms. The average molecular weight is 533 g/mol. The zero-order valence-corrected chi connectivity index (χ0v) is 20.1. The Kier molecular flexibility index (Phi) is 6.56. The second kappa shape index (κ2) is 9.51. The van der Waals surface area contributed by atoms with Crippen molar-refractivity contribution in [2.75, 3.05) is 0 Å². The summed E-state index contributed by atoms with van der Waals surface area (Å²) in [5.74, 6) is 0.739. The Labute approximate surface area is 199 Å². The van der Waals surface area contributed by atoms with Gasteiger partial charge in [-0.15, -0.1) is 0 Å². The normalized spacial score (nSPS) is 11.4. The quantitative estimate of drug-likeness (QED) is 0.191. The summed E-state index contributed by atoms with van der Waals surface area (Å²) in [5.41, 5.74) is 4.74. The van der Waals surface area contributed by atoms with E-state index < -0.39 is 0 Å². The molecule has 0 N–H and O–H groups in total. The van der Waals surface area contributed by atoms with E-state index in [-0.39, 0.29) is 0 Å². The van der Waals surface area contributed by atoms with Gasteiger partial charge in [0.25, 0.3) is 0 Å². The Morgan fingerprint density at radius 1 is 0.903 bits per heavy atom. The van der Waals surface area contributed by atoms with Gasteiger partial charge in [-0.2, -0.15) is 5.26 Å². The molecule has 4 rings (SSSR count). The smallest absolute Gasteiger partial charge is 0.148 e. The van der Waals surface area contributed by atoms with E-state index in [0.29, 0.717) is 12.2 Å². The number of aryl methyl sites for hydroxylation is 1. The summed E-state index contributed by atoms with van der Waals surface area (Å²) in [6.45, 7) is 2.55. The monoisotopic (exact) mass is 531 g/mol. The third-order valence-electron chi connectivity index (χ3n) is 4.98. The average Bonchev–Trinajstić information content (AvgIpc) is 2.76. The number of allylic oxidation sites excluding steroid dienone is 1. The number of nitriles is 1. The van der Waals surface area contributed by atoms with Gasteiger partial charge in [0.05, 0.1) is 20.6 Å². The Hall–Kier alpha value is -2.87. The standard InChI is InChI=1S/C27H19Br2NO/c1-18-5-4-6-19(11-18)17-31-27-25(28)13-20(14-26(27)29)12-24(16-30)23-10-9-21-7-2-3-8-22(21)15-23/h2-15H,17H2,1H3/b24-12-. The molecule has 152 valence electrons. The fourth-order valence-electron chi connectivity index (χ4n) is 3.46. The Balaban J connectivity index is 1.61. The van der Waals surface area contributed by atoms with Crippen molar-refractivity contribution in [2.45, 2.75) is 13.5 Å². The lowest BCUT2D eigenvalue weighted by Crippen LogP contribution is -1.97. The van der Waals surface area contributed by atoms with Gasteiger partial charge in [0, 0.05) is 0 Å². The first-order valence-electron chi connectivity index (χ1n) is 9.82. The van der Waals surface area contributed by atoms with Gasteiger partial charge >= 0.3 is 0 Å². The fraction of sp³-hybridized carbons (Fsp3) is 0.0741. The van der Waals surface area contributed by atoms with Crippen LogP contribution >= 0.6 is 31.9 Å². The second-order valence-electron chi connectivity index (χ2n) is 7.32. The number of ether oxygens (including phenoxy) is 1. The lowest BCUT2D eigenvalue weighted by molar-refractivity contribution is 0.302. The third-order valence-corrected chi connectivity index (χ3v) is 6.16. The van der Waals surface area contributed by atoms with E-state index in [4.69, 9.17) is 4.74 Å². The molecule has 0 radical (unpaired) electrons. The first-order chi connectivity index (χ1) is 15.0. The van der Waals surface area contributed by atoms with E-state index in [1.165, 1.54) is 5.56 Å². The van der Waals surface area contributed by atoms with Crippen molar-refractivity contribution >= 4 is 54.3 Å². The molecule has 0 aliphatic rings. The van der Waals surface area contributed by atoms with E-state index in [9.17, 15) is 5.26 Å². The molecular weight excluding hydrogens is 514 g/mol. The first kappa shape index (κ1) is 21.4. The Morgan fingerprint density at radius 3 is 2.35 bits per heavy atom. The summed E-state index contributed by atoms with van der Waals surface area (Å²) in [5, 5.41) is 12.0. The molecule has 4 aromatic carbocycles. The Morgan fingerprint density at radius 2 is 1.65 bits per heavy atom. The number of nitrogens with zero attached hydrogens (tertiary/aromatic N) is 1. The highest BCUT2D eigenvalue weighted by molar-refractivity contribution is 9.11. The molecular formula is C27H19Br2NO. The Bertz CT molecular complexity index is 1310. The highest BCUT2D eigenvalue weighted by atomic mass is 79.9. The summed E-state index contributed by atoms with van der Waals surface area (Å²) in [4.78, 5) is 0. The van der Waals surface area contributed by atoms with Crippen molar-refractivity contribution in [1.29, 1.82) is 5.26 Å². The molecule has 0 aliphatic heterocycles. The van der Waals surface area contributed by atoms with Crippen molar-refractivity contribution in [2.24, 2.45) is 0 Å². The molecule has 0 aliphatic carbocycles. The molecule has 0 saturated carbocycles. The molecule has 4 heteroatoms. The van der Waals surface area contributed by atoms with Crippen LogP contribution in [-0.2, 0) is 6.61 Å². The predicted octanol–water partition coefficient (Wildman–Crippen LogP) is 8.32. The molecule has 0 aromatic heterocycles. The van der Waals surface area contributed by atoms with Gasteiger partial charge in [0.2, 0.25) is 0 Å². The van der Waals surface area contributed by atoms with Gasteiger partial charge in [0.15, 0.2) is 0 Å². The lowest BCUT2D eigenvalue weighted by Gasteiger charge is -2.12. The summed E-state index contributed by atoms with van der Waals surface area (Å²) in [7, 11) is 0. The predicted molar refractivity (Wildman–Crippen MR) is 135 cm³/mol. The molecule has 0 saturated heterocycles. The minimum absolute atomic E-state index is 0.481. The number of rotatable bonds is 5. The van der Waals surface area contributed by atoms with Crippen LogP contribution in [-0.4, -0.2) is 0 Å². The number of fused-ring (bicyclic) bond motifs is 1. The maximum absolute atomic E-state index is 9.77. The van der Waals surface area contributed by atoms with E-state index >= 15 is 0 Å². The van der Waals surface area contributed by atoms with Crippen LogP contribution in [0.5, 0.6) is 5.75 Å². The van der Waals surface area contributed by atoms with Gasteiger partial charge in [-0.1, -0.05) is 66.2 Å². The van der Waals surface area contributed by atoms with Gasteiger partial charge < -0.3 is 4.74 Å². The molecule has 31 heavy (non-hydrogen) atoms. The SMILES string of the molecule is Cc1cccc(COc2c(Br)cc(/C=C(/C#N)c3ccc4ccccc4c3)cc2Br)c1. The summed E-state index contributed by atoms with van der Waals surface area (Å²) < 4.78 is 7.71. The largest absolute Gasteiger partial charge is 0.487 e. The number of hydrogen-bond acceptors (Lipinski definition) is 2. The number of hydrogen-bond donors (Lipinski definition) is 0. The van der Waals surface area contributed by atoms with Gasteiger partial charge in [0.1, 0.15) is 12.4 Å². The highest BCUT2D eigenvalue weighted by Crippen LogP contribution is 2.36. The van der Waals surface area contributed by atoms with Crippen LogP contribution < -0.4 is 4.74 Å². The van der Waals surface area contributed by atoms with Crippen molar-refractivity contribution in [3.63, 3.8) is 0 Å².